The highest BCUT2D eigenvalue weighted by molar-refractivity contribution is 6.01. The Morgan fingerprint density at radius 1 is 1.50 bits per heavy atom. The molecule has 2 aromatic rings. The van der Waals surface area contributed by atoms with Gasteiger partial charge >= 0.3 is 0 Å². The zero-order chi connectivity index (χ0) is 13.1. The van der Waals surface area contributed by atoms with Crippen molar-refractivity contribution in [3.05, 3.63) is 35.7 Å². The SMILES string of the molecule is COc1ccc(C(=O)Cc2cn(C)nn2)c(N)c1. The number of carbonyl (C=O) groups excluding carboxylic acids is 1. The van der Waals surface area contributed by atoms with Crippen molar-refractivity contribution in [3.63, 3.8) is 0 Å². The molecule has 0 aliphatic rings. The average Bonchev–Trinajstić information content (AvgIpc) is 2.74. The van der Waals surface area contributed by atoms with Gasteiger partial charge in [0.1, 0.15) is 5.75 Å². The molecule has 0 aliphatic heterocycles. The summed E-state index contributed by atoms with van der Waals surface area (Å²) in [6, 6.07) is 5.00. The van der Waals surface area contributed by atoms with Gasteiger partial charge in [0.05, 0.1) is 19.2 Å². The Hall–Kier alpha value is -2.37. The Morgan fingerprint density at radius 3 is 2.83 bits per heavy atom. The van der Waals surface area contributed by atoms with Crippen molar-refractivity contribution < 1.29 is 9.53 Å². The van der Waals surface area contributed by atoms with E-state index in [1.807, 2.05) is 0 Å². The van der Waals surface area contributed by atoms with Gasteiger partial charge in [-0.25, -0.2) is 0 Å². The first-order valence-electron chi connectivity index (χ1n) is 5.42. The van der Waals surface area contributed by atoms with Crippen molar-refractivity contribution in [3.8, 4) is 5.75 Å². The molecular formula is C12H14N4O2. The van der Waals surface area contributed by atoms with E-state index in [4.69, 9.17) is 10.5 Å². The van der Waals surface area contributed by atoms with Crippen LogP contribution in [0, 0.1) is 0 Å². The highest BCUT2D eigenvalue weighted by atomic mass is 16.5. The van der Waals surface area contributed by atoms with E-state index in [9.17, 15) is 4.79 Å². The maximum Gasteiger partial charge on any atom is 0.171 e. The van der Waals surface area contributed by atoms with E-state index in [1.54, 1.807) is 43.2 Å². The van der Waals surface area contributed by atoms with Crippen LogP contribution in [0.15, 0.2) is 24.4 Å². The number of nitrogen functional groups attached to an aromatic ring is 1. The first-order valence-corrected chi connectivity index (χ1v) is 5.42. The van der Waals surface area contributed by atoms with Crippen LogP contribution in [0.3, 0.4) is 0 Å². The van der Waals surface area contributed by atoms with Crippen molar-refractivity contribution in [1.82, 2.24) is 15.0 Å². The number of carbonyl (C=O) groups is 1. The summed E-state index contributed by atoms with van der Waals surface area (Å²) in [6.07, 6.45) is 1.89. The minimum atomic E-state index is -0.0874. The summed E-state index contributed by atoms with van der Waals surface area (Å²) >= 11 is 0. The molecule has 0 radical (unpaired) electrons. The number of hydrogen-bond acceptors (Lipinski definition) is 5. The van der Waals surface area contributed by atoms with Crippen LogP contribution in [0.4, 0.5) is 5.69 Å². The number of benzene rings is 1. The number of anilines is 1. The normalized spacial score (nSPS) is 10.3. The van der Waals surface area contributed by atoms with Crippen LogP contribution in [0.1, 0.15) is 16.1 Å². The number of nitrogens with zero attached hydrogens (tertiary/aromatic N) is 3. The van der Waals surface area contributed by atoms with Gasteiger partial charge < -0.3 is 10.5 Å². The summed E-state index contributed by atoms with van der Waals surface area (Å²) < 4.78 is 6.59. The summed E-state index contributed by atoms with van der Waals surface area (Å²) in [5.41, 5.74) is 7.32. The average molecular weight is 246 g/mol. The van der Waals surface area contributed by atoms with Crippen molar-refractivity contribution in [2.24, 2.45) is 7.05 Å². The number of methoxy groups -OCH3 is 1. The van der Waals surface area contributed by atoms with E-state index in [1.165, 1.54) is 0 Å². The van der Waals surface area contributed by atoms with Gasteiger partial charge in [-0.1, -0.05) is 5.21 Å². The third-order valence-corrected chi connectivity index (χ3v) is 2.55. The molecule has 0 fully saturated rings. The van der Waals surface area contributed by atoms with Gasteiger partial charge in [0, 0.05) is 30.6 Å². The number of Topliss-reactive ketones (excluding diaryl/α,β-unsaturated/α-hetero) is 1. The minimum absolute atomic E-state index is 0.0874. The predicted octanol–water partition coefficient (Wildman–Crippen LogP) is 0.831. The second-order valence-electron chi connectivity index (χ2n) is 3.94. The van der Waals surface area contributed by atoms with Gasteiger partial charge in [-0.05, 0) is 12.1 Å². The largest absolute Gasteiger partial charge is 0.497 e. The molecule has 0 bridgehead atoms. The van der Waals surface area contributed by atoms with Crippen molar-refractivity contribution >= 4 is 11.5 Å². The van der Waals surface area contributed by atoms with Crippen LogP contribution in [0.25, 0.3) is 0 Å². The third kappa shape index (κ3) is 2.48. The molecule has 0 amide bonds. The first-order chi connectivity index (χ1) is 8.60. The summed E-state index contributed by atoms with van der Waals surface area (Å²) in [7, 11) is 3.30. The van der Waals surface area contributed by atoms with E-state index < -0.39 is 0 Å². The summed E-state index contributed by atoms with van der Waals surface area (Å²) in [6.45, 7) is 0. The first kappa shape index (κ1) is 12.1. The summed E-state index contributed by atoms with van der Waals surface area (Å²) in [5.74, 6) is 0.541. The molecule has 1 aromatic carbocycles. The number of ketones is 1. The minimum Gasteiger partial charge on any atom is -0.497 e. The number of ether oxygens (including phenoxy) is 1. The van der Waals surface area contributed by atoms with E-state index in [-0.39, 0.29) is 12.2 Å². The van der Waals surface area contributed by atoms with Crippen LogP contribution < -0.4 is 10.5 Å². The zero-order valence-corrected chi connectivity index (χ0v) is 10.3. The van der Waals surface area contributed by atoms with E-state index >= 15 is 0 Å². The van der Waals surface area contributed by atoms with Gasteiger partial charge in [0.15, 0.2) is 5.78 Å². The Labute approximate surface area is 104 Å². The number of hydrogen-bond donors (Lipinski definition) is 1. The number of aryl methyl sites for hydroxylation is 1. The standard InChI is InChI=1S/C12H14N4O2/c1-16-7-8(14-15-16)5-12(17)10-4-3-9(18-2)6-11(10)13/h3-4,6-7H,5,13H2,1-2H3. The van der Waals surface area contributed by atoms with Gasteiger partial charge in [-0.2, -0.15) is 0 Å². The number of nitrogens with two attached hydrogens (primary N) is 1. The quantitative estimate of drug-likeness (QED) is 0.638. The summed E-state index contributed by atoms with van der Waals surface area (Å²) in [5, 5.41) is 7.65. The maximum absolute atomic E-state index is 12.0. The molecule has 0 saturated carbocycles. The van der Waals surface area contributed by atoms with Crippen molar-refractivity contribution in [1.29, 1.82) is 0 Å². The van der Waals surface area contributed by atoms with Crippen molar-refractivity contribution in [2.45, 2.75) is 6.42 Å². The second-order valence-corrected chi connectivity index (χ2v) is 3.94. The Morgan fingerprint density at radius 2 is 2.28 bits per heavy atom. The number of rotatable bonds is 4. The second kappa shape index (κ2) is 4.87. The molecule has 6 heteroatoms. The Kier molecular flexibility index (Phi) is 3.27. The molecule has 18 heavy (non-hydrogen) atoms. The lowest BCUT2D eigenvalue weighted by Crippen LogP contribution is -2.07. The molecule has 0 unspecified atom stereocenters. The smallest absolute Gasteiger partial charge is 0.171 e. The molecule has 1 aromatic heterocycles. The van der Waals surface area contributed by atoms with Crippen LogP contribution in [-0.4, -0.2) is 27.9 Å². The highest BCUT2D eigenvalue weighted by Gasteiger charge is 2.13. The molecule has 94 valence electrons. The van der Waals surface area contributed by atoms with Crippen LogP contribution >= 0.6 is 0 Å². The summed E-state index contributed by atoms with van der Waals surface area (Å²) in [4.78, 5) is 12.0. The van der Waals surface area contributed by atoms with E-state index in [0.29, 0.717) is 22.7 Å². The molecular weight excluding hydrogens is 232 g/mol. The van der Waals surface area contributed by atoms with Gasteiger partial charge in [0.25, 0.3) is 0 Å². The molecule has 6 nitrogen and oxygen atoms in total. The Balaban J connectivity index is 2.18. The lowest BCUT2D eigenvalue weighted by molar-refractivity contribution is 0.0992. The Bertz CT molecular complexity index is 577. The van der Waals surface area contributed by atoms with Crippen LogP contribution in [-0.2, 0) is 13.5 Å². The van der Waals surface area contributed by atoms with Gasteiger partial charge in [0.2, 0.25) is 0 Å². The van der Waals surface area contributed by atoms with Crippen LogP contribution in [0.5, 0.6) is 5.75 Å². The molecule has 2 N–H and O–H groups in total. The zero-order valence-electron chi connectivity index (χ0n) is 10.3. The number of aromatic nitrogens is 3. The highest BCUT2D eigenvalue weighted by Crippen LogP contribution is 2.20. The molecule has 0 saturated heterocycles. The lowest BCUT2D eigenvalue weighted by atomic mass is 10.0. The van der Waals surface area contributed by atoms with Crippen LogP contribution in [0.2, 0.25) is 0 Å². The fraction of sp³-hybridized carbons (Fsp3) is 0.250. The maximum atomic E-state index is 12.0. The predicted molar refractivity (Wildman–Crippen MR) is 66.4 cm³/mol. The third-order valence-electron chi connectivity index (χ3n) is 2.55. The van der Waals surface area contributed by atoms with Gasteiger partial charge in [-0.3, -0.25) is 9.48 Å². The fourth-order valence-corrected chi connectivity index (χ4v) is 1.66. The molecule has 0 aliphatic carbocycles. The van der Waals surface area contributed by atoms with Crippen molar-refractivity contribution in [2.75, 3.05) is 12.8 Å². The van der Waals surface area contributed by atoms with Gasteiger partial charge in [-0.15, -0.1) is 5.10 Å². The molecule has 0 atom stereocenters. The molecule has 1 heterocycles. The topological polar surface area (TPSA) is 83.0 Å². The monoisotopic (exact) mass is 246 g/mol. The van der Waals surface area contributed by atoms with E-state index in [2.05, 4.69) is 10.3 Å². The fourth-order valence-electron chi connectivity index (χ4n) is 1.66. The van der Waals surface area contributed by atoms with E-state index in [0.717, 1.165) is 0 Å². The lowest BCUT2D eigenvalue weighted by Gasteiger charge is -2.06. The molecule has 2 rings (SSSR count). The molecule has 0 spiro atoms.